The first kappa shape index (κ1) is 15.7. The Kier molecular flexibility index (Phi) is 5.14. The zero-order valence-corrected chi connectivity index (χ0v) is 13.6. The lowest BCUT2D eigenvalue weighted by Crippen LogP contribution is -2.46. The standard InChI is InChI=1S/C15H22N4OS/c1-10(2)17-15(20)11(3)18-13(12-6-5-9-21-12)14-16-7-8-19(14)4/h5-11,13,18H,1-4H3,(H,17,20). The van der Waals surface area contributed by atoms with Gasteiger partial charge in [-0.15, -0.1) is 11.3 Å². The topological polar surface area (TPSA) is 59.0 Å². The molecule has 0 spiro atoms. The van der Waals surface area contributed by atoms with E-state index in [2.05, 4.69) is 21.7 Å². The van der Waals surface area contributed by atoms with Gasteiger partial charge in [-0.2, -0.15) is 0 Å². The molecule has 2 atom stereocenters. The number of thiophene rings is 1. The highest BCUT2D eigenvalue weighted by molar-refractivity contribution is 7.10. The second-order valence-electron chi connectivity index (χ2n) is 5.40. The summed E-state index contributed by atoms with van der Waals surface area (Å²) in [6.45, 7) is 5.79. The molecule has 6 heteroatoms. The molecule has 2 heterocycles. The van der Waals surface area contributed by atoms with Crippen molar-refractivity contribution < 1.29 is 4.79 Å². The molecule has 1 amide bonds. The number of hydrogen-bond donors (Lipinski definition) is 2. The number of amides is 1. The Labute approximate surface area is 129 Å². The van der Waals surface area contributed by atoms with Gasteiger partial charge in [0.25, 0.3) is 0 Å². The highest BCUT2D eigenvalue weighted by atomic mass is 32.1. The van der Waals surface area contributed by atoms with E-state index in [1.165, 1.54) is 0 Å². The fourth-order valence-corrected chi connectivity index (χ4v) is 2.91. The van der Waals surface area contributed by atoms with Crippen LogP contribution in [0.2, 0.25) is 0 Å². The van der Waals surface area contributed by atoms with Gasteiger partial charge < -0.3 is 9.88 Å². The van der Waals surface area contributed by atoms with Crippen LogP contribution in [0.1, 0.15) is 37.5 Å². The highest BCUT2D eigenvalue weighted by Gasteiger charge is 2.24. The van der Waals surface area contributed by atoms with Gasteiger partial charge in [0.05, 0.1) is 6.04 Å². The molecule has 2 aromatic heterocycles. The summed E-state index contributed by atoms with van der Waals surface area (Å²) in [7, 11) is 1.96. The Bertz CT molecular complexity index is 576. The van der Waals surface area contributed by atoms with Crippen LogP contribution in [0, 0.1) is 0 Å². The first-order chi connectivity index (χ1) is 9.99. The lowest BCUT2D eigenvalue weighted by molar-refractivity contribution is -0.123. The van der Waals surface area contributed by atoms with Gasteiger partial charge >= 0.3 is 0 Å². The molecule has 0 aliphatic heterocycles. The van der Waals surface area contributed by atoms with Crippen LogP contribution in [0.3, 0.4) is 0 Å². The zero-order chi connectivity index (χ0) is 15.4. The van der Waals surface area contributed by atoms with Gasteiger partial charge in [-0.25, -0.2) is 4.98 Å². The Morgan fingerprint density at radius 2 is 2.14 bits per heavy atom. The molecule has 0 bridgehead atoms. The predicted octanol–water partition coefficient (Wildman–Crippen LogP) is 2.07. The van der Waals surface area contributed by atoms with Crippen LogP contribution in [0.5, 0.6) is 0 Å². The Balaban J connectivity index is 2.18. The van der Waals surface area contributed by atoms with Gasteiger partial charge in [-0.3, -0.25) is 10.1 Å². The third-order valence-corrected chi connectivity index (χ3v) is 4.12. The summed E-state index contributed by atoms with van der Waals surface area (Å²) in [6.07, 6.45) is 3.69. The first-order valence-corrected chi connectivity index (χ1v) is 7.94. The van der Waals surface area contributed by atoms with Crippen LogP contribution in [-0.2, 0) is 11.8 Å². The minimum absolute atomic E-state index is 0.000709. The number of nitrogens with zero attached hydrogens (tertiary/aromatic N) is 2. The molecule has 0 saturated heterocycles. The number of nitrogens with one attached hydrogen (secondary N) is 2. The van der Waals surface area contributed by atoms with E-state index in [4.69, 9.17) is 0 Å². The molecule has 5 nitrogen and oxygen atoms in total. The van der Waals surface area contributed by atoms with E-state index in [1.54, 1.807) is 17.5 Å². The maximum absolute atomic E-state index is 12.1. The largest absolute Gasteiger partial charge is 0.353 e. The summed E-state index contributed by atoms with van der Waals surface area (Å²) >= 11 is 1.66. The molecule has 2 N–H and O–H groups in total. The van der Waals surface area contributed by atoms with Crippen LogP contribution in [-0.4, -0.2) is 27.5 Å². The van der Waals surface area contributed by atoms with Crippen molar-refractivity contribution in [2.75, 3.05) is 0 Å². The molecule has 0 radical (unpaired) electrons. The third-order valence-electron chi connectivity index (χ3n) is 3.19. The van der Waals surface area contributed by atoms with Gasteiger partial charge in [-0.05, 0) is 32.2 Å². The number of carbonyl (C=O) groups is 1. The average molecular weight is 306 g/mol. The van der Waals surface area contributed by atoms with Gasteiger partial charge in [0.15, 0.2) is 0 Å². The van der Waals surface area contributed by atoms with E-state index in [0.29, 0.717) is 0 Å². The van der Waals surface area contributed by atoms with E-state index in [1.807, 2.05) is 50.0 Å². The Hall–Kier alpha value is -1.66. The maximum Gasteiger partial charge on any atom is 0.237 e. The molecule has 0 aromatic carbocycles. The minimum Gasteiger partial charge on any atom is -0.353 e. The van der Waals surface area contributed by atoms with E-state index in [-0.39, 0.29) is 24.0 Å². The third kappa shape index (κ3) is 3.92. The summed E-state index contributed by atoms with van der Waals surface area (Å²) in [5.41, 5.74) is 0. The van der Waals surface area contributed by atoms with Gasteiger partial charge in [0, 0.05) is 30.4 Å². The smallest absolute Gasteiger partial charge is 0.237 e. The molecule has 0 saturated carbocycles. The maximum atomic E-state index is 12.1. The number of rotatable bonds is 6. The van der Waals surface area contributed by atoms with Crippen LogP contribution < -0.4 is 10.6 Å². The summed E-state index contributed by atoms with van der Waals surface area (Å²) in [6, 6.07) is 3.82. The lowest BCUT2D eigenvalue weighted by Gasteiger charge is -2.22. The van der Waals surface area contributed by atoms with Crippen molar-refractivity contribution in [2.45, 2.75) is 38.9 Å². The van der Waals surface area contributed by atoms with Crippen molar-refractivity contribution >= 4 is 17.2 Å². The van der Waals surface area contributed by atoms with Crippen molar-refractivity contribution in [1.29, 1.82) is 0 Å². The molecule has 0 aliphatic carbocycles. The van der Waals surface area contributed by atoms with Crippen LogP contribution in [0.15, 0.2) is 29.9 Å². The number of imidazole rings is 1. The summed E-state index contributed by atoms with van der Waals surface area (Å²) in [5, 5.41) is 8.34. The second kappa shape index (κ2) is 6.87. The summed E-state index contributed by atoms with van der Waals surface area (Å²) < 4.78 is 1.98. The van der Waals surface area contributed by atoms with E-state index in [9.17, 15) is 4.79 Å². The van der Waals surface area contributed by atoms with Crippen molar-refractivity contribution in [2.24, 2.45) is 7.05 Å². The molecular weight excluding hydrogens is 284 g/mol. The molecule has 2 rings (SSSR count). The molecule has 2 unspecified atom stereocenters. The Morgan fingerprint density at radius 3 is 2.67 bits per heavy atom. The number of aromatic nitrogens is 2. The van der Waals surface area contributed by atoms with Crippen LogP contribution >= 0.6 is 11.3 Å². The quantitative estimate of drug-likeness (QED) is 0.859. The molecule has 0 aliphatic rings. The number of carbonyl (C=O) groups excluding carboxylic acids is 1. The molecule has 21 heavy (non-hydrogen) atoms. The number of aryl methyl sites for hydroxylation is 1. The van der Waals surface area contributed by atoms with Crippen molar-refractivity contribution in [1.82, 2.24) is 20.2 Å². The summed E-state index contributed by atoms with van der Waals surface area (Å²) in [5.74, 6) is 0.905. The van der Waals surface area contributed by atoms with E-state index in [0.717, 1.165) is 10.7 Å². The molecule has 2 aromatic rings. The van der Waals surface area contributed by atoms with Crippen molar-refractivity contribution in [3.8, 4) is 0 Å². The van der Waals surface area contributed by atoms with Gasteiger partial charge in [0.2, 0.25) is 5.91 Å². The highest BCUT2D eigenvalue weighted by Crippen LogP contribution is 2.25. The molecule has 114 valence electrons. The number of hydrogen-bond acceptors (Lipinski definition) is 4. The van der Waals surface area contributed by atoms with Crippen molar-refractivity contribution in [3.05, 3.63) is 40.6 Å². The Morgan fingerprint density at radius 1 is 1.38 bits per heavy atom. The lowest BCUT2D eigenvalue weighted by atomic mass is 10.1. The molecule has 0 fully saturated rings. The normalized spacial score (nSPS) is 14.1. The fraction of sp³-hybridized carbons (Fsp3) is 0.467. The van der Waals surface area contributed by atoms with Crippen LogP contribution in [0.25, 0.3) is 0 Å². The minimum atomic E-state index is -0.295. The van der Waals surface area contributed by atoms with E-state index >= 15 is 0 Å². The average Bonchev–Trinajstić information content (AvgIpc) is 3.06. The predicted molar refractivity (Wildman–Crippen MR) is 85.2 cm³/mol. The molecular formula is C15H22N4OS. The second-order valence-corrected chi connectivity index (χ2v) is 6.38. The fourth-order valence-electron chi connectivity index (χ4n) is 2.13. The summed E-state index contributed by atoms with van der Waals surface area (Å²) in [4.78, 5) is 17.7. The van der Waals surface area contributed by atoms with Gasteiger partial charge in [0.1, 0.15) is 11.9 Å². The first-order valence-electron chi connectivity index (χ1n) is 7.06. The van der Waals surface area contributed by atoms with Crippen molar-refractivity contribution in [3.63, 3.8) is 0 Å². The SMILES string of the molecule is CC(C)NC(=O)C(C)NC(c1cccs1)c1nccn1C. The monoisotopic (exact) mass is 306 g/mol. The van der Waals surface area contributed by atoms with E-state index < -0.39 is 0 Å². The van der Waals surface area contributed by atoms with Gasteiger partial charge in [-0.1, -0.05) is 6.07 Å². The zero-order valence-electron chi connectivity index (χ0n) is 12.8. The van der Waals surface area contributed by atoms with Crippen LogP contribution in [0.4, 0.5) is 0 Å².